The number of benzene rings is 1. The third-order valence-electron chi connectivity index (χ3n) is 2.03. The van der Waals surface area contributed by atoms with Crippen LogP contribution in [0.5, 0.6) is 11.6 Å². The van der Waals surface area contributed by atoms with E-state index in [1.165, 1.54) is 12.1 Å². The van der Waals surface area contributed by atoms with Gasteiger partial charge in [0.1, 0.15) is 5.75 Å². The molecule has 0 saturated carbocycles. The molecule has 2 N–H and O–H groups in total. The second kappa shape index (κ2) is 4.93. The van der Waals surface area contributed by atoms with Crippen LogP contribution >= 0.6 is 11.6 Å². The van der Waals surface area contributed by atoms with Crippen molar-refractivity contribution < 1.29 is 17.9 Å². The molecule has 0 spiro atoms. The van der Waals surface area contributed by atoms with E-state index >= 15 is 0 Å². The summed E-state index contributed by atoms with van der Waals surface area (Å²) in [5, 5.41) is 0.385. The smallest absolute Gasteiger partial charge is 0.433 e. The average molecular weight is 290 g/mol. The first-order chi connectivity index (χ1) is 8.84. The predicted molar refractivity (Wildman–Crippen MR) is 63.0 cm³/mol. The highest BCUT2D eigenvalue weighted by molar-refractivity contribution is 6.30. The molecule has 1 aromatic heterocycles. The van der Waals surface area contributed by atoms with Crippen LogP contribution in [0.4, 0.5) is 19.1 Å². The van der Waals surface area contributed by atoms with Gasteiger partial charge in [-0.1, -0.05) is 17.7 Å². The number of nitrogens with two attached hydrogens (primary N) is 1. The van der Waals surface area contributed by atoms with Crippen molar-refractivity contribution in [3.63, 3.8) is 0 Å². The van der Waals surface area contributed by atoms with Gasteiger partial charge in [-0.3, -0.25) is 0 Å². The second-order valence-electron chi connectivity index (χ2n) is 3.51. The second-order valence-corrected chi connectivity index (χ2v) is 3.94. The van der Waals surface area contributed by atoms with Gasteiger partial charge in [0, 0.05) is 11.1 Å². The van der Waals surface area contributed by atoms with E-state index in [2.05, 4.69) is 9.97 Å². The molecule has 0 aliphatic rings. The average Bonchev–Trinajstić information content (AvgIpc) is 2.26. The molecular weight excluding hydrogens is 283 g/mol. The lowest BCUT2D eigenvalue weighted by Crippen LogP contribution is -2.11. The summed E-state index contributed by atoms with van der Waals surface area (Å²) in [5.74, 6) is -0.576. The molecule has 2 aromatic rings. The molecule has 0 amide bonds. The van der Waals surface area contributed by atoms with Crippen molar-refractivity contribution in [2.45, 2.75) is 6.18 Å². The number of nitrogen functional groups attached to an aromatic ring is 1. The Bertz CT molecular complexity index is 604. The summed E-state index contributed by atoms with van der Waals surface area (Å²) >= 11 is 5.73. The van der Waals surface area contributed by atoms with E-state index in [9.17, 15) is 13.2 Å². The maximum atomic E-state index is 12.5. The monoisotopic (exact) mass is 289 g/mol. The number of hydrogen-bond acceptors (Lipinski definition) is 4. The van der Waals surface area contributed by atoms with Gasteiger partial charge in [-0.2, -0.15) is 18.2 Å². The van der Waals surface area contributed by atoms with Gasteiger partial charge in [0.15, 0.2) is 5.69 Å². The zero-order chi connectivity index (χ0) is 14.0. The predicted octanol–water partition coefficient (Wildman–Crippen LogP) is 3.52. The highest BCUT2D eigenvalue weighted by Crippen LogP contribution is 2.31. The Morgan fingerprint density at radius 3 is 2.53 bits per heavy atom. The zero-order valence-corrected chi connectivity index (χ0v) is 10.0. The van der Waals surface area contributed by atoms with Crippen LogP contribution in [-0.2, 0) is 6.18 Å². The van der Waals surface area contributed by atoms with Crippen molar-refractivity contribution in [2.75, 3.05) is 5.73 Å². The quantitative estimate of drug-likeness (QED) is 0.919. The summed E-state index contributed by atoms with van der Waals surface area (Å²) in [7, 11) is 0. The number of hydrogen-bond donors (Lipinski definition) is 1. The maximum Gasteiger partial charge on any atom is 0.433 e. The van der Waals surface area contributed by atoms with E-state index < -0.39 is 17.8 Å². The molecule has 0 aliphatic heterocycles. The molecule has 0 radical (unpaired) electrons. The summed E-state index contributed by atoms with van der Waals surface area (Å²) in [6.45, 7) is 0. The van der Waals surface area contributed by atoms with Gasteiger partial charge in [-0.25, -0.2) is 4.98 Å². The molecule has 0 fully saturated rings. The van der Waals surface area contributed by atoms with Gasteiger partial charge < -0.3 is 10.5 Å². The molecule has 0 saturated heterocycles. The van der Waals surface area contributed by atoms with Gasteiger partial charge in [0.2, 0.25) is 11.8 Å². The summed E-state index contributed by atoms with van der Waals surface area (Å²) in [6, 6.07) is 6.82. The van der Waals surface area contributed by atoms with Crippen LogP contribution in [0.3, 0.4) is 0 Å². The lowest BCUT2D eigenvalue weighted by molar-refractivity contribution is -0.141. The molecular formula is C11H7ClF3N3O. The van der Waals surface area contributed by atoms with E-state index in [4.69, 9.17) is 22.1 Å². The summed E-state index contributed by atoms with van der Waals surface area (Å²) in [4.78, 5) is 6.67. The minimum atomic E-state index is -4.62. The fourth-order valence-corrected chi connectivity index (χ4v) is 1.47. The van der Waals surface area contributed by atoms with Crippen molar-refractivity contribution >= 4 is 17.5 Å². The largest absolute Gasteiger partial charge is 0.439 e. The number of halogens is 4. The molecule has 2 rings (SSSR count). The maximum absolute atomic E-state index is 12.5. The number of anilines is 1. The molecule has 1 aromatic carbocycles. The first-order valence-corrected chi connectivity index (χ1v) is 5.37. The lowest BCUT2D eigenvalue weighted by Gasteiger charge is -2.09. The van der Waals surface area contributed by atoms with Crippen molar-refractivity contribution in [3.8, 4) is 11.6 Å². The van der Waals surface area contributed by atoms with Crippen LogP contribution < -0.4 is 10.5 Å². The van der Waals surface area contributed by atoms with E-state index in [0.717, 1.165) is 0 Å². The molecule has 19 heavy (non-hydrogen) atoms. The van der Waals surface area contributed by atoms with E-state index in [1.807, 2.05) is 0 Å². The first-order valence-electron chi connectivity index (χ1n) is 5.00. The minimum Gasteiger partial charge on any atom is -0.439 e. The Morgan fingerprint density at radius 2 is 1.89 bits per heavy atom. The molecule has 0 aliphatic carbocycles. The van der Waals surface area contributed by atoms with Gasteiger partial charge in [0.25, 0.3) is 0 Å². The van der Waals surface area contributed by atoms with Crippen molar-refractivity contribution in [2.24, 2.45) is 0 Å². The molecule has 0 bridgehead atoms. The Labute approximate surface area is 111 Å². The van der Waals surface area contributed by atoms with E-state index in [1.54, 1.807) is 12.1 Å². The Balaban J connectivity index is 2.33. The van der Waals surface area contributed by atoms with Gasteiger partial charge in [-0.15, -0.1) is 0 Å². The van der Waals surface area contributed by atoms with Crippen LogP contribution in [0.15, 0.2) is 30.3 Å². The van der Waals surface area contributed by atoms with Gasteiger partial charge >= 0.3 is 6.18 Å². The lowest BCUT2D eigenvalue weighted by atomic mass is 10.3. The van der Waals surface area contributed by atoms with Crippen molar-refractivity contribution in [3.05, 3.63) is 41.0 Å². The Morgan fingerprint density at radius 1 is 1.16 bits per heavy atom. The van der Waals surface area contributed by atoms with Crippen LogP contribution in [0.25, 0.3) is 0 Å². The van der Waals surface area contributed by atoms with Crippen LogP contribution in [0.2, 0.25) is 5.02 Å². The standard InChI is InChI=1S/C11H7ClF3N3O/c12-6-2-1-3-7(4-6)19-9-5-8(11(13,14)15)17-10(16)18-9/h1-5H,(H2,16,17,18). The first kappa shape index (κ1) is 13.4. The van der Waals surface area contributed by atoms with Crippen LogP contribution in [-0.4, -0.2) is 9.97 Å². The van der Waals surface area contributed by atoms with E-state index in [-0.39, 0.29) is 11.6 Å². The summed E-state index contributed by atoms with van der Waals surface area (Å²) in [6.07, 6.45) is -4.62. The molecule has 100 valence electrons. The Hall–Kier alpha value is -2.02. The number of aromatic nitrogens is 2. The van der Waals surface area contributed by atoms with Crippen LogP contribution in [0, 0.1) is 0 Å². The van der Waals surface area contributed by atoms with Gasteiger partial charge in [0.05, 0.1) is 0 Å². The van der Waals surface area contributed by atoms with Crippen molar-refractivity contribution in [1.82, 2.24) is 9.97 Å². The SMILES string of the molecule is Nc1nc(Oc2cccc(Cl)c2)cc(C(F)(F)F)n1. The number of rotatable bonds is 2. The number of nitrogens with zero attached hydrogens (tertiary/aromatic N) is 2. The number of ether oxygens (including phenoxy) is 1. The molecule has 1 heterocycles. The third kappa shape index (κ3) is 3.47. The zero-order valence-electron chi connectivity index (χ0n) is 9.28. The van der Waals surface area contributed by atoms with Crippen LogP contribution in [0.1, 0.15) is 5.69 Å². The van der Waals surface area contributed by atoms with E-state index in [0.29, 0.717) is 11.1 Å². The molecule has 8 heteroatoms. The van der Waals surface area contributed by atoms with Crippen molar-refractivity contribution in [1.29, 1.82) is 0 Å². The molecule has 4 nitrogen and oxygen atoms in total. The fraction of sp³-hybridized carbons (Fsp3) is 0.0909. The number of alkyl halides is 3. The summed E-state index contributed by atoms with van der Waals surface area (Å²) in [5.41, 5.74) is 4.04. The topological polar surface area (TPSA) is 61.0 Å². The highest BCUT2D eigenvalue weighted by atomic mass is 35.5. The van der Waals surface area contributed by atoms with Gasteiger partial charge in [-0.05, 0) is 18.2 Å². The summed E-state index contributed by atoms with van der Waals surface area (Å²) < 4.78 is 42.7. The Kier molecular flexibility index (Phi) is 3.48. The fourth-order valence-electron chi connectivity index (χ4n) is 1.29. The normalized spacial score (nSPS) is 11.4. The minimum absolute atomic E-state index is 0.249. The third-order valence-corrected chi connectivity index (χ3v) is 2.26. The molecule has 0 atom stereocenters. The molecule has 0 unspecified atom stereocenters. The highest BCUT2D eigenvalue weighted by Gasteiger charge is 2.33.